The summed E-state index contributed by atoms with van der Waals surface area (Å²) in [7, 11) is 0. The second kappa shape index (κ2) is 9.70. The molecule has 0 aromatic heterocycles. The normalized spacial score (nSPS) is 17.2. The summed E-state index contributed by atoms with van der Waals surface area (Å²) in [6.45, 7) is 5.95. The molecule has 2 amide bonds. The van der Waals surface area contributed by atoms with Gasteiger partial charge in [-0.05, 0) is 40.0 Å². The van der Waals surface area contributed by atoms with Gasteiger partial charge in [-0.3, -0.25) is 4.79 Å². The van der Waals surface area contributed by atoms with Crippen LogP contribution in [-0.2, 0) is 9.53 Å². The third-order valence-electron chi connectivity index (χ3n) is 3.72. The first-order valence-electron chi connectivity index (χ1n) is 8.63. The van der Waals surface area contributed by atoms with Crippen LogP contribution in [0.3, 0.4) is 0 Å². The lowest BCUT2D eigenvalue weighted by Crippen LogP contribution is -2.36. The molecule has 1 rings (SSSR count). The second-order valence-electron chi connectivity index (χ2n) is 7.14. The first-order chi connectivity index (χ1) is 10.4. The maximum absolute atomic E-state index is 11.9. The van der Waals surface area contributed by atoms with Gasteiger partial charge in [0.2, 0.25) is 5.91 Å². The maximum atomic E-state index is 11.9. The number of rotatable bonds is 5. The number of carbonyl (C=O) groups excluding carboxylic acids is 2. The fraction of sp³-hybridized carbons (Fsp3) is 0.882. The van der Waals surface area contributed by atoms with E-state index in [1.54, 1.807) is 0 Å². The summed E-state index contributed by atoms with van der Waals surface area (Å²) >= 11 is 0. The zero-order valence-electron chi connectivity index (χ0n) is 14.4. The summed E-state index contributed by atoms with van der Waals surface area (Å²) in [6.07, 6.45) is 9.19. The van der Waals surface area contributed by atoms with Crippen molar-refractivity contribution in [3.63, 3.8) is 0 Å². The highest BCUT2D eigenvalue weighted by Gasteiger charge is 2.16. The van der Waals surface area contributed by atoms with Crippen LogP contribution in [0.1, 0.15) is 78.6 Å². The maximum Gasteiger partial charge on any atom is 0.407 e. The quantitative estimate of drug-likeness (QED) is 0.763. The van der Waals surface area contributed by atoms with Crippen molar-refractivity contribution in [3.05, 3.63) is 0 Å². The molecule has 0 spiro atoms. The van der Waals surface area contributed by atoms with Crippen molar-refractivity contribution in [2.45, 2.75) is 90.2 Å². The number of ether oxygens (including phenoxy) is 1. The highest BCUT2D eigenvalue weighted by Crippen LogP contribution is 2.17. The van der Waals surface area contributed by atoms with Crippen LogP contribution in [0.15, 0.2) is 0 Å². The van der Waals surface area contributed by atoms with Crippen LogP contribution in [0.5, 0.6) is 0 Å². The number of nitrogens with one attached hydrogen (secondary N) is 2. The van der Waals surface area contributed by atoms with E-state index in [9.17, 15) is 9.59 Å². The zero-order valence-corrected chi connectivity index (χ0v) is 14.4. The van der Waals surface area contributed by atoms with Crippen LogP contribution in [0.4, 0.5) is 4.79 Å². The van der Waals surface area contributed by atoms with E-state index in [1.165, 1.54) is 32.1 Å². The molecule has 0 aliphatic heterocycles. The molecular weight excluding hydrogens is 280 g/mol. The minimum absolute atomic E-state index is 0.0940. The van der Waals surface area contributed by atoms with Gasteiger partial charge in [0.15, 0.2) is 0 Å². The molecule has 128 valence electrons. The van der Waals surface area contributed by atoms with Crippen molar-refractivity contribution in [1.82, 2.24) is 10.6 Å². The fourth-order valence-electron chi connectivity index (χ4n) is 2.65. The lowest BCUT2D eigenvalue weighted by atomic mass is 9.96. The summed E-state index contributed by atoms with van der Waals surface area (Å²) in [6, 6.07) is 0.339. The van der Waals surface area contributed by atoms with Gasteiger partial charge in [-0.25, -0.2) is 4.79 Å². The SMILES string of the molecule is CC(C)(C)OC(=O)NCCCC(=O)NC1CCCCCCC1. The molecule has 2 N–H and O–H groups in total. The van der Waals surface area contributed by atoms with Crippen LogP contribution in [0.2, 0.25) is 0 Å². The molecule has 0 aromatic rings. The molecule has 5 heteroatoms. The van der Waals surface area contributed by atoms with Crippen molar-refractivity contribution in [2.24, 2.45) is 0 Å². The zero-order chi connectivity index (χ0) is 16.4. The molecule has 0 bridgehead atoms. The highest BCUT2D eigenvalue weighted by molar-refractivity contribution is 5.76. The van der Waals surface area contributed by atoms with Gasteiger partial charge in [-0.15, -0.1) is 0 Å². The van der Waals surface area contributed by atoms with Crippen molar-refractivity contribution >= 4 is 12.0 Å². The Morgan fingerprint density at radius 2 is 1.64 bits per heavy atom. The Hall–Kier alpha value is -1.26. The fourth-order valence-corrected chi connectivity index (χ4v) is 2.65. The molecule has 0 atom stereocenters. The smallest absolute Gasteiger partial charge is 0.407 e. The Balaban J connectivity index is 2.11. The standard InChI is InChI=1S/C17H32N2O3/c1-17(2,3)22-16(21)18-13-9-12-15(20)19-14-10-7-5-4-6-8-11-14/h14H,4-13H2,1-3H3,(H,18,21)(H,19,20). The second-order valence-corrected chi connectivity index (χ2v) is 7.14. The predicted molar refractivity (Wildman–Crippen MR) is 87.7 cm³/mol. The third-order valence-corrected chi connectivity index (χ3v) is 3.72. The van der Waals surface area contributed by atoms with Crippen molar-refractivity contribution in [2.75, 3.05) is 6.54 Å². The molecule has 5 nitrogen and oxygen atoms in total. The molecule has 22 heavy (non-hydrogen) atoms. The molecule has 0 saturated heterocycles. The molecule has 1 aliphatic rings. The topological polar surface area (TPSA) is 67.4 Å². The van der Waals surface area contributed by atoms with Crippen LogP contribution in [-0.4, -0.2) is 30.2 Å². The predicted octanol–water partition coefficient (Wildman–Crippen LogP) is 3.52. The van der Waals surface area contributed by atoms with Gasteiger partial charge < -0.3 is 15.4 Å². The molecule has 0 unspecified atom stereocenters. The average Bonchev–Trinajstić information content (AvgIpc) is 2.35. The van der Waals surface area contributed by atoms with E-state index in [0.29, 0.717) is 25.4 Å². The van der Waals surface area contributed by atoms with Crippen LogP contribution < -0.4 is 10.6 Å². The Kier molecular flexibility index (Phi) is 8.28. The molecule has 0 radical (unpaired) electrons. The monoisotopic (exact) mass is 312 g/mol. The van der Waals surface area contributed by atoms with Gasteiger partial charge in [0.05, 0.1) is 0 Å². The molecular formula is C17H32N2O3. The summed E-state index contributed by atoms with van der Waals surface area (Å²) in [4.78, 5) is 23.4. The lowest BCUT2D eigenvalue weighted by molar-refractivity contribution is -0.122. The lowest BCUT2D eigenvalue weighted by Gasteiger charge is -2.21. The van der Waals surface area contributed by atoms with E-state index in [4.69, 9.17) is 4.74 Å². The van der Waals surface area contributed by atoms with Crippen LogP contribution in [0, 0.1) is 0 Å². The van der Waals surface area contributed by atoms with Crippen LogP contribution in [0.25, 0.3) is 0 Å². The summed E-state index contributed by atoms with van der Waals surface area (Å²) in [5, 5.41) is 5.81. The highest BCUT2D eigenvalue weighted by atomic mass is 16.6. The average molecular weight is 312 g/mol. The van der Waals surface area contributed by atoms with Gasteiger partial charge in [-0.2, -0.15) is 0 Å². The number of alkyl carbamates (subject to hydrolysis) is 1. The Labute approximate surface area is 134 Å². The van der Waals surface area contributed by atoms with Gasteiger partial charge >= 0.3 is 6.09 Å². The molecule has 1 aliphatic carbocycles. The summed E-state index contributed by atoms with van der Waals surface area (Å²) in [5.74, 6) is 0.0940. The third kappa shape index (κ3) is 9.64. The first kappa shape index (κ1) is 18.8. The molecule has 1 fully saturated rings. The van der Waals surface area contributed by atoms with Crippen molar-refractivity contribution in [3.8, 4) is 0 Å². The minimum atomic E-state index is -0.486. The van der Waals surface area contributed by atoms with Crippen molar-refractivity contribution < 1.29 is 14.3 Å². The number of carbonyl (C=O) groups is 2. The van der Waals surface area contributed by atoms with E-state index in [1.807, 2.05) is 20.8 Å². The van der Waals surface area contributed by atoms with Gasteiger partial charge in [0.25, 0.3) is 0 Å². The van der Waals surface area contributed by atoms with Gasteiger partial charge in [0, 0.05) is 19.0 Å². The van der Waals surface area contributed by atoms with Gasteiger partial charge in [0.1, 0.15) is 5.60 Å². The van der Waals surface area contributed by atoms with E-state index in [0.717, 1.165) is 12.8 Å². The van der Waals surface area contributed by atoms with Gasteiger partial charge in [-0.1, -0.05) is 32.1 Å². The number of hydrogen-bond acceptors (Lipinski definition) is 3. The van der Waals surface area contributed by atoms with E-state index in [-0.39, 0.29) is 5.91 Å². The number of hydrogen-bond donors (Lipinski definition) is 2. The minimum Gasteiger partial charge on any atom is -0.444 e. The van der Waals surface area contributed by atoms with E-state index >= 15 is 0 Å². The van der Waals surface area contributed by atoms with Crippen molar-refractivity contribution in [1.29, 1.82) is 0 Å². The molecule has 1 saturated carbocycles. The number of amides is 2. The van der Waals surface area contributed by atoms with Crippen LogP contribution >= 0.6 is 0 Å². The molecule has 0 heterocycles. The summed E-state index contributed by atoms with van der Waals surface area (Å²) < 4.78 is 5.14. The Morgan fingerprint density at radius 1 is 1.05 bits per heavy atom. The van der Waals surface area contributed by atoms with E-state index < -0.39 is 11.7 Å². The first-order valence-corrected chi connectivity index (χ1v) is 8.63. The Bertz CT molecular complexity index is 342. The summed E-state index contributed by atoms with van der Waals surface area (Å²) in [5.41, 5.74) is -0.486. The van der Waals surface area contributed by atoms with E-state index in [2.05, 4.69) is 10.6 Å². The molecule has 0 aromatic carbocycles. The largest absolute Gasteiger partial charge is 0.444 e. The Morgan fingerprint density at radius 3 is 2.23 bits per heavy atom.